The third kappa shape index (κ3) is 6.19. The minimum Gasteiger partial charge on any atom is -0.481 e. The van der Waals surface area contributed by atoms with Crippen molar-refractivity contribution in [3.05, 3.63) is 29.8 Å². The number of hydrogen-bond acceptors (Lipinski definition) is 3. The van der Waals surface area contributed by atoms with Gasteiger partial charge in [0, 0.05) is 23.9 Å². The fourth-order valence-electron chi connectivity index (χ4n) is 1.25. The van der Waals surface area contributed by atoms with Crippen molar-refractivity contribution in [2.45, 2.75) is 17.7 Å². The number of rotatable bonds is 7. The van der Waals surface area contributed by atoms with E-state index in [0.29, 0.717) is 6.42 Å². The molecule has 0 heterocycles. The van der Waals surface area contributed by atoms with E-state index in [1.807, 2.05) is 0 Å². The summed E-state index contributed by atoms with van der Waals surface area (Å²) in [5.74, 6) is -2.62. The zero-order valence-electron chi connectivity index (χ0n) is 9.99. The highest BCUT2D eigenvalue weighted by molar-refractivity contribution is 8.00. The van der Waals surface area contributed by atoms with E-state index in [4.69, 9.17) is 5.11 Å². The van der Waals surface area contributed by atoms with Crippen molar-refractivity contribution >= 4 is 23.6 Å². The van der Waals surface area contributed by atoms with Crippen LogP contribution in [0.15, 0.2) is 23.1 Å². The van der Waals surface area contributed by atoms with Crippen LogP contribution in [0.4, 0.5) is 8.78 Å². The topological polar surface area (TPSA) is 66.4 Å². The lowest BCUT2D eigenvalue weighted by Crippen LogP contribution is -2.26. The number of benzene rings is 1. The second kappa shape index (κ2) is 7.73. The Kier molecular flexibility index (Phi) is 6.27. The molecule has 7 heteroatoms. The Morgan fingerprint density at radius 1 is 1.32 bits per heavy atom. The van der Waals surface area contributed by atoms with Crippen molar-refractivity contribution < 1.29 is 23.5 Å². The molecule has 0 fully saturated rings. The van der Waals surface area contributed by atoms with Gasteiger partial charge in [-0.1, -0.05) is 0 Å². The average Bonchev–Trinajstić information content (AvgIpc) is 2.33. The van der Waals surface area contributed by atoms with Crippen molar-refractivity contribution in [3.63, 3.8) is 0 Å². The fraction of sp³-hybridized carbons (Fsp3) is 0.333. The Labute approximate surface area is 113 Å². The second-order valence-corrected chi connectivity index (χ2v) is 4.73. The van der Waals surface area contributed by atoms with Gasteiger partial charge in [-0.05, 0) is 18.6 Å². The van der Waals surface area contributed by atoms with E-state index in [-0.39, 0.29) is 29.5 Å². The number of carbonyl (C=O) groups excluding carboxylic acids is 1. The summed E-state index contributed by atoms with van der Waals surface area (Å²) in [5, 5.41) is 10.9. The number of carboxylic acids is 1. The summed E-state index contributed by atoms with van der Waals surface area (Å²) in [7, 11) is 0. The van der Waals surface area contributed by atoms with Crippen molar-refractivity contribution in [2.24, 2.45) is 0 Å². The largest absolute Gasteiger partial charge is 0.481 e. The molecule has 0 radical (unpaired) electrons. The van der Waals surface area contributed by atoms with Crippen LogP contribution >= 0.6 is 11.8 Å². The maximum absolute atomic E-state index is 13.2. The predicted octanol–water partition coefficient (Wildman–Crippen LogP) is 2.04. The van der Waals surface area contributed by atoms with Crippen LogP contribution in [0.1, 0.15) is 12.8 Å². The van der Waals surface area contributed by atoms with Crippen LogP contribution < -0.4 is 5.32 Å². The van der Waals surface area contributed by atoms with Crippen LogP contribution in [0, 0.1) is 11.6 Å². The molecule has 0 saturated carbocycles. The SMILES string of the molecule is O=C(O)CCCNC(=O)CSc1ccc(F)cc1F. The van der Waals surface area contributed by atoms with Gasteiger partial charge in [-0.2, -0.15) is 0 Å². The van der Waals surface area contributed by atoms with Gasteiger partial charge >= 0.3 is 5.97 Å². The summed E-state index contributed by atoms with van der Waals surface area (Å²) < 4.78 is 25.9. The molecule has 0 atom stereocenters. The zero-order valence-corrected chi connectivity index (χ0v) is 10.8. The van der Waals surface area contributed by atoms with Crippen LogP contribution in [0.25, 0.3) is 0 Å². The third-order valence-electron chi connectivity index (χ3n) is 2.14. The van der Waals surface area contributed by atoms with E-state index >= 15 is 0 Å². The van der Waals surface area contributed by atoms with E-state index in [0.717, 1.165) is 23.9 Å². The average molecular weight is 289 g/mol. The molecule has 1 amide bonds. The highest BCUT2D eigenvalue weighted by Gasteiger charge is 2.07. The minimum absolute atomic E-state index is 0.00434. The summed E-state index contributed by atoms with van der Waals surface area (Å²) in [5.41, 5.74) is 0. The first-order valence-electron chi connectivity index (χ1n) is 5.55. The van der Waals surface area contributed by atoms with Crippen molar-refractivity contribution in [1.82, 2.24) is 5.32 Å². The summed E-state index contributed by atoms with van der Waals surface area (Å²) in [6.07, 6.45) is 0.330. The number of aliphatic carboxylic acids is 1. The molecule has 0 aliphatic rings. The maximum atomic E-state index is 13.2. The maximum Gasteiger partial charge on any atom is 0.303 e. The first kappa shape index (κ1) is 15.4. The number of carboxylic acid groups (broad SMARTS) is 1. The Hall–Kier alpha value is -1.63. The van der Waals surface area contributed by atoms with Crippen molar-refractivity contribution in [1.29, 1.82) is 0 Å². The zero-order chi connectivity index (χ0) is 14.3. The predicted molar refractivity (Wildman–Crippen MR) is 67.0 cm³/mol. The number of halogens is 2. The van der Waals surface area contributed by atoms with Crippen LogP contribution in [0.5, 0.6) is 0 Å². The molecule has 4 nitrogen and oxygen atoms in total. The Balaban J connectivity index is 2.28. The first-order chi connectivity index (χ1) is 8.99. The van der Waals surface area contributed by atoms with Gasteiger partial charge in [-0.3, -0.25) is 9.59 Å². The molecule has 2 N–H and O–H groups in total. The number of nitrogens with one attached hydrogen (secondary N) is 1. The summed E-state index contributed by atoms with van der Waals surface area (Å²) >= 11 is 0.958. The molecular formula is C12H13F2NO3S. The highest BCUT2D eigenvalue weighted by Crippen LogP contribution is 2.21. The highest BCUT2D eigenvalue weighted by atomic mass is 32.2. The van der Waals surface area contributed by atoms with Gasteiger partial charge in [0.15, 0.2) is 0 Å². The molecule has 1 aromatic carbocycles. The van der Waals surface area contributed by atoms with Gasteiger partial charge in [0.2, 0.25) is 5.91 Å². The van der Waals surface area contributed by atoms with Crippen LogP contribution in [-0.2, 0) is 9.59 Å². The van der Waals surface area contributed by atoms with Gasteiger partial charge < -0.3 is 10.4 Å². The first-order valence-corrected chi connectivity index (χ1v) is 6.54. The lowest BCUT2D eigenvalue weighted by atomic mass is 10.3. The molecule has 0 unspecified atom stereocenters. The molecule has 0 bridgehead atoms. The molecule has 0 spiro atoms. The van der Waals surface area contributed by atoms with E-state index in [2.05, 4.69) is 5.32 Å². The number of amides is 1. The number of thioether (sulfide) groups is 1. The summed E-state index contributed by atoms with van der Waals surface area (Å²) in [4.78, 5) is 21.8. The molecule has 1 rings (SSSR count). The lowest BCUT2D eigenvalue weighted by molar-refractivity contribution is -0.137. The quantitative estimate of drug-likeness (QED) is 0.595. The van der Waals surface area contributed by atoms with Gasteiger partial charge in [-0.15, -0.1) is 11.8 Å². The molecule has 0 saturated heterocycles. The minimum atomic E-state index is -0.919. The van der Waals surface area contributed by atoms with Crippen LogP contribution in [0.2, 0.25) is 0 Å². The van der Waals surface area contributed by atoms with Crippen LogP contribution in [0.3, 0.4) is 0 Å². The summed E-state index contributed by atoms with van der Waals surface area (Å²) in [6, 6.07) is 3.15. The van der Waals surface area contributed by atoms with E-state index in [1.165, 1.54) is 6.07 Å². The molecule has 104 valence electrons. The fourth-order valence-corrected chi connectivity index (χ4v) is 2.00. The molecule has 1 aromatic rings. The van der Waals surface area contributed by atoms with E-state index < -0.39 is 17.6 Å². The molecule has 0 aliphatic carbocycles. The van der Waals surface area contributed by atoms with E-state index in [1.54, 1.807) is 0 Å². The van der Waals surface area contributed by atoms with Gasteiger partial charge in [-0.25, -0.2) is 8.78 Å². The lowest BCUT2D eigenvalue weighted by Gasteiger charge is -2.05. The van der Waals surface area contributed by atoms with Crippen LogP contribution in [-0.4, -0.2) is 29.3 Å². The monoisotopic (exact) mass is 289 g/mol. The van der Waals surface area contributed by atoms with Gasteiger partial charge in [0.25, 0.3) is 0 Å². The number of carbonyl (C=O) groups is 2. The molecule has 19 heavy (non-hydrogen) atoms. The Bertz CT molecular complexity index is 468. The Morgan fingerprint density at radius 2 is 2.05 bits per heavy atom. The van der Waals surface area contributed by atoms with Crippen molar-refractivity contribution in [2.75, 3.05) is 12.3 Å². The van der Waals surface area contributed by atoms with Gasteiger partial charge in [0.05, 0.1) is 5.75 Å². The second-order valence-electron chi connectivity index (χ2n) is 3.71. The molecule has 0 aromatic heterocycles. The van der Waals surface area contributed by atoms with E-state index in [9.17, 15) is 18.4 Å². The third-order valence-corrected chi connectivity index (χ3v) is 3.19. The smallest absolute Gasteiger partial charge is 0.303 e. The number of hydrogen-bond donors (Lipinski definition) is 2. The van der Waals surface area contributed by atoms with Gasteiger partial charge in [0.1, 0.15) is 11.6 Å². The van der Waals surface area contributed by atoms with Crippen molar-refractivity contribution in [3.8, 4) is 0 Å². The normalized spacial score (nSPS) is 10.2. The standard InChI is InChI=1S/C12H13F2NO3S/c13-8-3-4-10(9(14)6-8)19-7-11(16)15-5-1-2-12(17)18/h3-4,6H,1-2,5,7H2,(H,15,16)(H,17,18). The summed E-state index contributed by atoms with van der Waals surface area (Å²) in [6.45, 7) is 0.262. The molecular weight excluding hydrogens is 276 g/mol. The Morgan fingerprint density at radius 3 is 2.68 bits per heavy atom. The molecule has 0 aliphatic heterocycles.